The van der Waals surface area contributed by atoms with Crippen LogP contribution in [0.1, 0.15) is 17.0 Å². The molecule has 28 heavy (non-hydrogen) atoms. The van der Waals surface area contributed by atoms with Gasteiger partial charge in [-0.05, 0) is 55.5 Å². The first-order valence-corrected chi connectivity index (χ1v) is 8.87. The Morgan fingerprint density at radius 2 is 1.86 bits per heavy atom. The van der Waals surface area contributed by atoms with Gasteiger partial charge in [0.1, 0.15) is 18.2 Å². The van der Waals surface area contributed by atoms with Crippen LogP contribution >= 0.6 is 0 Å². The summed E-state index contributed by atoms with van der Waals surface area (Å²) in [4.78, 5) is 7.97. The summed E-state index contributed by atoms with van der Waals surface area (Å²) in [6.45, 7) is 2.34. The minimum Gasteiger partial charge on any atom is -0.486 e. The van der Waals surface area contributed by atoms with Crippen LogP contribution in [0.3, 0.4) is 0 Å². The minimum atomic E-state index is 0.314. The Kier molecular flexibility index (Phi) is 4.56. The predicted molar refractivity (Wildman–Crippen MR) is 110 cm³/mol. The predicted octanol–water partition coefficient (Wildman–Crippen LogP) is 4.65. The molecule has 0 saturated carbocycles. The van der Waals surface area contributed by atoms with Crippen LogP contribution in [0.4, 0.5) is 17.1 Å². The molecule has 0 amide bonds. The zero-order chi connectivity index (χ0) is 19.5. The summed E-state index contributed by atoms with van der Waals surface area (Å²) in [5.41, 5.74) is 12.0. The van der Waals surface area contributed by atoms with Crippen LogP contribution in [0, 0.1) is 18.3 Å². The number of nitrogens with two attached hydrogens (primary N) is 1. The summed E-state index contributed by atoms with van der Waals surface area (Å²) in [5, 5.41) is 12.2. The van der Waals surface area contributed by atoms with Gasteiger partial charge in [-0.2, -0.15) is 5.26 Å². The Hall–Kier alpha value is -3.98. The highest BCUT2D eigenvalue weighted by molar-refractivity contribution is 5.86. The SMILES string of the molecule is Cc1c(Nc2ccccc2N)ccc2[nH]c(COc3ccc(C#N)cc3)nc12. The number of aromatic nitrogens is 2. The molecule has 0 aliphatic carbocycles. The highest BCUT2D eigenvalue weighted by Crippen LogP contribution is 2.29. The molecule has 0 unspecified atom stereocenters. The van der Waals surface area contributed by atoms with Crippen molar-refractivity contribution in [1.82, 2.24) is 9.97 Å². The van der Waals surface area contributed by atoms with E-state index in [0.717, 1.165) is 33.8 Å². The molecule has 4 rings (SSSR count). The van der Waals surface area contributed by atoms with Crippen molar-refractivity contribution < 1.29 is 4.74 Å². The molecular formula is C22H19N5O. The number of aryl methyl sites for hydroxylation is 1. The monoisotopic (exact) mass is 369 g/mol. The summed E-state index contributed by atoms with van der Waals surface area (Å²) in [6, 6.07) is 20.8. The average molecular weight is 369 g/mol. The molecule has 3 aromatic carbocycles. The van der Waals surface area contributed by atoms with Gasteiger partial charge in [-0.25, -0.2) is 4.98 Å². The summed E-state index contributed by atoms with van der Waals surface area (Å²) in [6.07, 6.45) is 0. The van der Waals surface area contributed by atoms with Crippen molar-refractivity contribution in [3.63, 3.8) is 0 Å². The fourth-order valence-corrected chi connectivity index (χ4v) is 3.00. The van der Waals surface area contributed by atoms with E-state index in [1.165, 1.54) is 0 Å². The topological polar surface area (TPSA) is 99.7 Å². The molecule has 138 valence electrons. The Bertz CT molecular complexity index is 1170. The molecule has 0 fully saturated rings. The maximum Gasteiger partial charge on any atom is 0.146 e. The Balaban J connectivity index is 1.54. The van der Waals surface area contributed by atoms with E-state index in [0.29, 0.717) is 23.6 Å². The third-order valence-electron chi connectivity index (χ3n) is 4.55. The van der Waals surface area contributed by atoms with Crippen molar-refractivity contribution in [2.45, 2.75) is 13.5 Å². The molecule has 0 radical (unpaired) electrons. The van der Waals surface area contributed by atoms with Crippen molar-refractivity contribution in [3.8, 4) is 11.8 Å². The second-order valence-corrected chi connectivity index (χ2v) is 6.45. The number of H-pyrrole nitrogens is 1. The first-order chi connectivity index (χ1) is 13.6. The first-order valence-electron chi connectivity index (χ1n) is 8.87. The lowest BCUT2D eigenvalue weighted by atomic mass is 10.1. The van der Waals surface area contributed by atoms with E-state index >= 15 is 0 Å². The fraction of sp³-hybridized carbons (Fsp3) is 0.0909. The average Bonchev–Trinajstić information content (AvgIpc) is 3.14. The lowest BCUT2D eigenvalue weighted by molar-refractivity contribution is 0.297. The number of nitrogens with one attached hydrogen (secondary N) is 2. The molecular weight excluding hydrogens is 350 g/mol. The number of aromatic amines is 1. The lowest BCUT2D eigenvalue weighted by Gasteiger charge is -2.11. The molecule has 0 atom stereocenters. The quantitative estimate of drug-likeness (QED) is 0.445. The van der Waals surface area contributed by atoms with Crippen LogP contribution in [0.25, 0.3) is 11.0 Å². The smallest absolute Gasteiger partial charge is 0.146 e. The van der Waals surface area contributed by atoms with Crippen molar-refractivity contribution >= 4 is 28.1 Å². The van der Waals surface area contributed by atoms with Gasteiger partial charge in [-0.1, -0.05) is 12.1 Å². The van der Waals surface area contributed by atoms with Crippen LogP contribution in [-0.2, 0) is 6.61 Å². The number of hydrogen-bond donors (Lipinski definition) is 3. The van der Waals surface area contributed by atoms with Gasteiger partial charge in [0, 0.05) is 11.3 Å². The third kappa shape index (κ3) is 3.46. The number of fused-ring (bicyclic) bond motifs is 1. The second-order valence-electron chi connectivity index (χ2n) is 6.45. The number of para-hydroxylation sites is 2. The summed E-state index contributed by atoms with van der Waals surface area (Å²) >= 11 is 0. The van der Waals surface area contributed by atoms with Crippen LogP contribution < -0.4 is 15.8 Å². The molecule has 1 aromatic heterocycles. The van der Waals surface area contributed by atoms with Crippen molar-refractivity contribution in [2.24, 2.45) is 0 Å². The standard InChI is InChI=1S/C22H19N5O/c1-14-18(25-19-5-3-2-4-17(19)24)10-11-20-22(14)27-21(26-20)13-28-16-8-6-15(12-23)7-9-16/h2-11,25H,13,24H2,1H3,(H,26,27). The van der Waals surface area contributed by atoms with Gasteiger partial charge in [0.2, 0.25) is 0 Å². The Morgan fingerprint density at radius 1 is 1.07 bits per heavy atom. The fourth-order valence-electron chi connectivity index (χ4n) is 3.00. The highest BCUT2D eigenvalue weighted by atomic mass is 16.5. The van der Waals surface area contributed by atoms with E-state index in [1.807, 2.05) is 43.3 Å². The number of imidazole rings is 1. The molecule has 6 heteroatoms. The van der Waals surface area contributed by atoms with Crippen molar-refractivity contribution in [2.75, 3.05) is 11.1 Å². The van der Waals surface area contributed by atoms with Gasteiger partial charge in [0.15, 0.2) is 0 Å². The van der Waals surface area contributed by atoms with Crippen LogP contribution in [0.2, 0.25) is 0 Å². The van der Waals surface area contributed by atoms with Gasteiger partial charge in [0.05, 0.1) is 34.0 Å². The Labute approximate surface area is 162 Å². The van der Waals surface area contributed by atoms with E-state index < -0.39 is 0 Å². The molecule has 4 aromatic rings. The molecule has 0 bridgehead atoms. The summed E-state index contributed by atoms with van der Waals surface area (Å²) in [5.74, 6) is 1.43. The van der Waals surface area contributed by atoms with E-state index in [1.54, 1.807) is 24.3 Å². The number of nitrogen functional groups attached to an aromatic ring is 1. The van der Waals surface area contributed by atoms with Gasteiger partial charge in [0.25, 0.3) is 0 Å². The normalized spacial score (nSPS) is 10.6. The van der Waals surface area contributed by atoms with Crippen molar-refractivity contribution in [3.05, 3.63) is 77.6 Å². The molecule has 1 heterocycles. The molecule has 6 nitrogen and oxygen atoms in total. The van der Waals surface area contributed by atoms with Crippen LogP contribution in [-0.4, -0.2) is 9.97 Å². The molecule has 0 aliphatic rings. The zero-order valence-corrected chi connectivity index (χ0v) is 15.4. The second kappa shape index (κ2) is 7.33. The number of nitrogens with zero attached hydrogens (tertiary/aromatic N) is 2. The summed E-state index contributed by atoms with van der Waals surface area (Å²) in [7, 11) is 0. The van der Waals surface area contributed by atoms with Gasteiger partial charge < -0.3 is 20.8 Å². The first kappa shape index (κ1) is 17.4. The van der Waals surface area contributed by atoms with Gasteiger partial charge in [-0.15, -0.1) is 0 Å². The van der Waals surface area contributed by atoms with Crippen LogP contribution in [0.5, 0.6) is 5.75 Å². The zero-order valence-electron chi connectivity index (χ0n) is 15.4. The number of benzene rings is 3. The number of anilines is 3. The van der Waals surface area contributed by atoms with E-state index in [-0.39, 0.29) is 0 Å². The van der Waals surface area contributed by atoms with Gasteiger partial charge in [-0.3, -0.25) is 0 Å². The van der Waals surface area contributed by atoms with E-state index in [4.69, 9.17) is 15.7 Å². The highest BCUT2D eigenvalue weighted by Gasteiger charge is 2.10. The van der Waals surface area contributed by atoms with E-state index in [2.05, 4.69) is 21.4 Å². The number of ether oxygens (including phenoxy) is 1. The van der Waals surface area contributed by atoms with Gasteiger partial charge >= 0.3 is 0 Å². The Morgan fingerprint density at radius 3 is 2.61 bits per heavy atom. The molecule has 0 spiro atoms. The molecule has 0 aliphatic heterocycles. The number of nitriles is 1. The van der Waals surface area contributed by atoms with Crippen LogP contribution in [0.15, 0.2) is 60.7 Å². The summed E-state index contributed by atoms with van der Waals surface area (Å²) < 4.78 is 5.77. The number of rotatable bonds is 5. The van der Waals surface area contributed by atoms with Crippen molar-refractivity contribution in [1.29, 1.82) is 5.26 Å². The van der Waals surface area contributed by atoms with E-state index in [9.17, 15) is 0 Å². The maximum absolute atomic E-state index is 8.86. The largest absolute Gasteiger partial charge is 0.486 e. The number of hydrogen-bond acceptors (Lipinski definition) is 5. The minimum absolute atomic E-state index is 0.314. The molecule has 0 saturated heterocycles. The third-order valence-corrected chi connectivity index (χ3v) is 4.55. The maximum atomic E-state index is 8.86. The molecule has 4 N–H and O–H groups in total. The lowest BCUT2D eigenvalue weighted by Crippen LogP contribution is -1.98.